The van der Waals surface area contributed by atoms with Crippen LogP contribution in [0.15, 0.2) is 30.3 Å². The van der Waals surface area contributed by atoms with E-state index in [1.807, 2.05) is 30.3 Å². The third kappa shape index (κ3) is 4.97. The molecule has 1 aromatic rings. The van der Waals surface area contributed by atoms with Crippen molar-refractivity contribution in [1.29, 1.82) is 0 Å². The number of methoxy groups -OCH3 is 1. The van der Waals surface area contributed by atoms with Crippen LogP contribution in [0.4, 0.5) is 0 Å². The summed E-state index contributed by atoms with van der Waals surface area (Å²) in [7, 11) is 1.27. The molecule has 5 heteroatoms. The van der Waals surface area contributed by atoms with Crippen LogP contribution < -0.4 is 5.32 Å². The van der Waals surface area contributed by atoms with Crippen molar-refractivity contribution in [2.24, 2.45) is 0 Å². The molecular formula is C13H17NO4. The number of nitrogens with one attached hydrogen (secondary N) is 1. The second-order valence-electron chi connectivity index (χ2n) is 3.79. The lowest BCUT2D eigenvalue weighted by molar-refractivity contribution is -0.145. The summed E-state index contributed by atoms with van der Waals surface area (Å²) in [5.74, 6) is -0.824. The molecule has 0 unspecified atom stereocenters. The predicted molar refractivity (Wildman–Crippen MR) is 65.7 cm³/mol. The van der Waals surface area contributed by atoms with Gasteiger partial charge in [0.25, 0.3) is 0 Å². The molecule has 0 aromatic heterocycles. The fourth-order valence-electron chi connectivity index (χ4n) is 1.35. The molecule has 1 rings (SSSR count). The lowest BCUT2D eigenvalue weighted by Crippen LogP contribution is -2.40. The summed E-state index contributed by atoms with van der Waals surface area (Å²) in [5, 5.41) is 2.48. The van der Waals surface area contributed by atoms with E-state index in [2.05, 4.69) is 10.1 Å². The van der Waals surface area contributed by atoms with Crippen molar-refractivity contribution < 1.29 is 19.1 Å². The number of hydrogen-bond donors (Lipinski definition) is 1. The third-order valence-corrected chi connectivity index (χ3v) is 2.28. The van der Waals surface area contributed by atoms with Crippen LogP contribution in [0.2, 0.25) is 0 Å². The predicted octanol–water partition coefficient (Wildman–Crippen LogP) is 0.881. The largest absolute Gasteiger partial charge is 0.467 e. The second kappa shape index (κ2) is 7.45. The van der Waals surface area contributed by atoms with Gasteiger partial charge in [-0.1, -0.05) is 30.3 Å². The van der Waals surface area contributed by atoms with Crippen molar-refractivity contribution in [1.82, 2.24) is 5.32 Å². The number of rotatable bonds is 6. The SMILES string of the molecule is COC(=O)[C@H](C)NC(=O)COCc1ccccc1. The van der Waals surface area contributed by atoms with Crippen LogP contribution >= 0.6 is 0 Å². The number of hydrogen-bond acceptors (Lipinski definition) is 4. The number of ether oxygens (including phenoxy) is 2. The van der Waals surface area contributed by atoms with E-state index in [4.69, 9.17) is 4.74 Å². The fourth-order valence-corrected chi connectivity index (χ4v) is 1.35. The highest BCUT2D eigenvalue weighted by Gasteiger charge is 2.15. The Morgan fingerprint density at radius 3 is 2.56 bits per heavy atom. The smallest absolute Gasteiger partial charge is 0.328 e. The van der Waals surface area contributed by atoms with Crippen LogP contribution in [0.25, 0.3) is 0 Å². The van der Waals surface area contributed by atoms with E-state index in [0.717, 1.165) is 5.56 Å². The van der Waals surface area contributed by atoms with E-state index in [0.29, 0.717) is 6.61 Å². The first-order valence-electron chi connectivity index (χ1n) is 5.62. The maximum absolute atomic E-state index is 11.4. The molecule has 0 saturated heterocycles. The molecule has 18 heavy (non-hydrogen) atoms. The summed E-state index contributed by atoms with van der Waals surface area (Å²) in [5.41, 5.74) is 0.992. The molecule has 0 saturated carbocycles. The molecule has 1 aromatic carbocycles. The third-order valence-electron chi connectivity index (χ3n) is 2.28. The van der Waals surface area contributed by atoms with Crippen LogP contribution in [0.3, 0.4) is 0 Å². The lowest BCUT2D eigenvalue weighted by atomic mass is 10.2. The highest BCUT2D eigenvalue weighted by atomic mass is 16.5. The minimum absolute atomic E-state index is 0.0871. The first-order chi connectivity index (χ1) is 8.63. The summed E-state index contributed by atoms with van der Waals surface area (Å²) in [6, 6.07) is 8.87. The molecule has 0 aliphatic heterocycles. The van der Waals surface area contributed by atoms with Crippen LogP contribution in [-0.2, 0) is 25.7 Å². The maximum atomic E-state index is 11.4. The Kier molecular flexibility index (Phi) is 5.87. The van der Waals surface area contributed by atoms with Gasteiger partial charge >= 0.3 is 5.97 Å². The minimum atomic E-state index is -0.664. The number of carbonyl (C=O) groups excluding carboxylic acids is 2. The molecule has 0 aliphatic rings. The van der Waals surface area contributed by atoms with Gasteiger partial charge in [0, 0.05) is 0 Å². The maximum Gasteiger partial charge on any atom is 0.328 e. The van der Waals surface area contributed by atoms with E-state index in [-0.39, 0.29) is 12.5 Å². The van der Waals surface area contributed by atoms with Crippen molar-refractivity contribution in [2.45, 2.75) is 19.6 Å². The molecule has 0 spiro atoms. The van der Waals surface area contributed by atoms with E-state index >= 15 is 0 Å². The van der Waals surface area contributed by atoms with Gasteiger partial charge in [-0.05, 0) is 12.5 Å². The van der Waals surface area contributed by atoms with Crippen molar-refractivity contribution in [2.75, 3.05) is 13.7 Å². The summed E-state index contributed by atoms with van der Waals surface area (Å²) < 4.78 is 9.72. The van der Waals surface area contributed by atoms with Crippen LogP contribution in [0.1, 0.15) is 12.5 Å². The monoisotopic (exact) mass is 251 g/mol. The highest BCUT2D eigenvalue weighted by Crippen LogP contribution is 2.00. The first kappa shape index (κ1) is 14.2. The molecule has 0 radical (unpaired) electrons. The standard InChI is InChI=1S/C13H17NO4/c1-10(13(16)17-2)14-12(15)9-18-8-11-6-4-3-5-7-11/h3-7,10H,8-9H2,1-2H3,(H,14,15)/t10-/m0/s1. The normalized spacial score (nSPS) is 11.7. The van der Waals surface area contributed by atoms with Crippen LogP contribution in [0, 0.1) is 0 Å². The Balaban J connectivity index is 2.23. The Bertz CT molecular complexity index is 391. The van der Waals surface area contributed by atoms with Crippen LogP contribution in [-0.4, -0.2) is 31.6 Å². The Morgan fingerprint density at radius 2 is 1.94 bits per heavy atom. The zero-order valence-corrected chi connectivity index (χ0v) is 10.5. The van der Waals surface area contributed by atoms with Crippen LogP contribution in [0.5, 0.6) is 0 Å². The topological polar surface area (TPSA) is 64.6 Å². The van der Waals surface area contributed by atoms with E-state index in [1.54, 1.807) is 6.92 Å². The molecular weight excluding hydrogens is 234 g/mol. The van der Waals surface area contributed by atoms with Gasteiger partial charge < -0.3 is 14.8 Å². The molecule has 0 aliphatic carbocycles. The Labute approximate surface area is 106 Å². The van der Waals surface area contributed by atoms with Gasteiger partial charge in [-0.3, -0.25) is 4.79 Å². The van der Waals surface area contributed by atoms with Gasteiger partial charge in [0.05, 0.1) is 13.7 Å². The van der Waals surface area contributed by atoms with Crippen molar-refractivity contribution in [3.05, 3.63) is 35.9 Å². The Morgan fingerprint density at radius 1 is 1.28 bits per heavy atom. The van der Waals surface area contributed by atoms with E-state index < -0.39 is 12.0 Å². The quantitative estimate of drug-likeness (QED) is 0.762. The molecule has 0 fully saturated rings. The molecule has 5 nitrogen and oxygen atoms in total. The molecule has 98 valence electrons. The molecule has 1 N–H and O–H groups in total. The average molecular weight is 251 g/mol. The van der Waals surface area contributed by atoms with Crippen molar-refractivity contribution in [3.8, 4) is 0 Å². The molecule has 0 heterocycles. The van der Waals surface area contributed by atoms with Crippen molar-refractivity contribution >= 4 is 11.9 Å². The fraction of sp³-hybridized carbons (Fsp3) is 0.385. The van der Waals surface area contributed by atoms with E-state index in [1.165, 1.54) is 7.11 Å². The summed E-state index contributed by atoms with van der Waals surface area (Å²) in [6.07, 6.45) is 0. The highest BCUT2D eigenvalue weighted by molar-refractivity contribution is 5.84. The first-order valence-corrected chi connectivity index (χ1v) is 5.62. The second-order valence-corrected chi connectivity index (χ2v) is 3.79. The molecule has 0 bridgehead atoms. The summed E-state index contributed by atoms with van der Waals surface area (Å²) in [4.78, 5) is 22.5. The van der Waals surface area contributed by atoms with E-state index in [9.17, 15) is 9.59 Å². The molecule has 1 amide bonds. The summed E-state index contributed by atoms with van der Waals surface area (Å²) >= 11 is 0. The lowest BCUT2D eigenvalue weighted by Gasteiger charge is -2.11. The van der Waals surface area contributed by atoms with Gasteiger partial charge in [-0.25, -0.2) is 4.79 Å². The van der Waals surface area contributed by atoms with Gasteiger partial charge in [0.2, 0.25) is 5.91 Å². The number of benzene rings is 1. The van der Waals surface area contributed by atoms with Gasteiger partial charge in [0.15, 0.2) is 0 Å². The zero-order valence-electron chi connectivity index (χ0n) is 10.5. The molecule has 1 atom stereocenters. The van der Waals surface area contributed by atoms with Gasteiger partial charge in [-0.15, -0.1) is 0 Å². The summed E-state index contributed by atoms with van der Waals surface area (Å²) in [6.45, 7) is 1.83. The number of esters is 1. The zero-order chi connectivity index (χ0) is 13.4. The minimum Gasteiger partial charge on any atom is -0.467 e. The average Bonchev–Trinajstić information content (AvgIpc) is 2.38. The number of amides is 1. The van der Waals surface area contributed by atoms with Gasteiger partial charge in [-0.2, -0.15) is 0 Å². The van der Waals surface area contributed by atoms with Crippen molar-refractivity contribution in [3.63, 3.8) is 0 Å². The van der Waals surface area contributed by atoms with Gasteiger partial charge in [0.1, 0.15) is 12.6 Å². The number of carbonyl (C=O) groups is 2. The Hall–Kier alpha value is -1.88.